The van der Waals surface area contributed by atoms with Gasteiger partial charge in [-0.1, -0.05) is 6.07 Å². The van der Waals surface area contributed by atoms with Crippen molar-refractivity contribution in [2.45, 2.75) is 19.8 Å². The molecule has 28 heavy (non-hydrogen) atoms. The van der Waals surface area contributed by atoms with E-state index in [2.05, 4.69) is 0 Å². The first kappa shape index (κ1) is 19.1. The summed E-state index contributed by atoms with van der Waals surface area (Å²) in [4.78, 5) is 25.1. The van der Waals surface area contributed by atoms with E-state index >= 15 is 0 Å². The maximum atomic E-state index is 12.5. The summed E-state index contributed by atoms with van der Waals surface area (Å²) in [7, 11) is 1.34. The molecule has 0 aliphatic rings. The van der Waals surface area contributed by atoms with Gasteiger partial charge in [0.25, 0.3) is 0 Å². The highest BCUT2D eigenvalue weighted by Gasteiger charge is 2.31. The van der Waals surface area contributed by atoms with E-state index in [9.17, 15) is 24.9 Å². The molecule has 0 amide bonds. The van der Waals surface area contributed by atoms with Crippen molar-refractivity contribution in [2.75, 3.05) is 7.11 Å². The van der Waals surface area contributed by atoms with Gasteiger partial charge in [0.2, 0.25) is 0 Å². The molecule has 0 atom stereocenters. The number of hydrogen-bond acceptors (Lipinski definition) is 8. The van der Waals surface area contributed by atoms with Crippen molar-refractivity contribution < 1.29 is 28.9 Å². The Morgan fingerprint density at radius 1 is 0.821 bits per heavy atom. The van der Waals surface area contributed by atoms with Crippen LogP contribution in [0.4, 0.5) is 0 Å². The minimum atomic E-state index is -1.23. The van der Waals surface area contributed by atoms with Gasteiger partial charge in [0.05, 0.1) is 24.2 Å². The van der Waals surface area contributed by atoms with Crippen molar-refractivity contribution >= 4 is 0 Å². The SMILES string of the molecule is COc1cc(C(c2c(O)cc(C)oc2=O)c2c(O)cc(C)oc2=O)ccc1O. The van der Waals surface area contributed by atoms with Crippen LogP contribution >= 0.6 is 0 Å². The zero-order valence-corrected chi connectivity index (χ0v) is 15.3. The van der Waals surface area contributed by atoms with Gasteiger partial charge in [0.1, 0.15) is 23.0 Å². The van der Waals surface area contributed by atoms with E-state index in [4.69, 9.17) is 13.6 Å². The minimum Gasteiger partial charge on any atom is -0.507 e. The molecule has 0 aliphatic carbocycles. The van der Waals surface area contributed by atoms with Crippen LogP contribution in [0.1, 0.15) is 34.1 Å². The summed E-state index contributed by atoms with van der Waals surface area (Å²) in [6.07, 6.45) is 0. The second kappa shape index (κ2) is 7.15. The molecule has 0 saturated heterocycles. The van der Waals surface area contributed by atoms with E-state index in [-0.39, 0.29) is 39.7 Å². The Morgan fingerprint density at radius 3 is 1.75 bits per heavy atom. The van der Waals surface area contributed by atoms with Gasteiger partial charge in [-0.25, -0.2) is 9.59 Å². The Labute approximate surface area is 158 Å². The maximum Gasteiger partial charge on any atom is 0.343 e. The summed E-state index contributed by atoms with van der Waals surface area (Å²) in [5.74, 6) is -1.79. The van der Waals surface area contributed by atoms with Gasteiger partial charge in [0, 0.05) is 12.1 Å². The van der Waals surface area contributed by atoms with Gasteiger partial charge in [-0.2, -0.15) is 0 Å². The number of aromatic hydroxyl groups is 3. The smallest absolute Gasteiger partial charge is 0.343 e. The normalized spacial score (nSPS) is 11.0. The third-order valence-corrected chi connectivity index (χ3v) is 4.29. The lowest BCUT2D eigenvalue weighted by Gasteiger charge is -2.19. The Balaban J connectivity index is 2.40. The molecule has 8 heteroatoms. The van der Waals surface area contributed by atoms with Crippen LogP contribution in [-0.4, -0.2) is 22.4 Å². The second-order valence-corrected chi connectivity index (χ2v) is 6.25. The summed E-state index contributed by atoms with van der Waals surface area (Å²) in [6.45, 7) is 2.97. The molecule has 3 rings (SSSR count). The predicted molar refractivity (Wildman–Crippen MR) is 98.4 cm³/mol. The van der Waals surface area contributed by atoms with E-state index in [0.29, 0.717) is 0 Å². The van der Waals surface area contributed by atoms with Gasteiger partial charge in [-0.15, -0.1) is 0 Å². The van der Waals surface area contributed by atoms with Gasteiger partial charge in [-0.05, 0) is 31.5 Å². The summed E-state index contributed by atoms with van der Waals surface area (Å²) < 4.78 is 15.3. The molecule has 0 saturated carbocycles. The molecule has 0 fully saturated rings. The molecule has 8 nitrogen and oxygen atoms in total. The quantitative estimate of drug-likeness (QED) is 0.623. The molecule has 2 heterocycles. The number of phenolic OH excluding ortho intramolecular Hbond substituents is 1. The molecule has 2 aromatic heterocycles. The number of rotatable bonds is 4. The fourth-order valence-electron chi connectivity index (χ4n) is 3.09. The molecule has 0 radical (unpaired) electrons. The van der Waals surface area contributed by atoms with E-state index in [1.165, 1.54) is 51.3 Å². The Morgan fingerprint density at radius 2 is 1.32 bits per heavy atom. The lowest BCUT2D eigenvalue weighted by Crippen LogP contribution is -2.21. The number of hydrogen-bond donors (Lipinski definition) is 3. The van der Waals surface area contributed by atoms with Gasteiger partial charge in [0.15, 0.2) is 11.5 Å². The fourth-order valence-corrected chi connectivity index (χ4v) is 3.09. The molecule has 146 valence electrons. The predicted octanol–water partition coefficient (Wildman–Crippen LogP) is 2.52. The van der Waals surface area contributed by atoms with Crippen LogP contribution < -0.4 is 16.0 Å². The third kappa shape index (κ3) is 3.32. The molecule has 0 spiro atoms. The zero-order chi connectivity index (χ0) is 20.6. The summed E-state index contributed by atoms with van der Waals surface area (Å²) in [5, 5.41) is 30.7. The van der Waals surface area contributed by atoms with Crippen LogP contribution in [-0.2, 0) is 0 Å². The van der Waals surface area contributed by atoms with Crippen LogP contribution in [0, 0.1) is 13.8 Å². The molecule has 3 aromatic rings. The van der Waals surface area contributed by atoms with Gasteiger partial charge in [-0.3, -0.25) is 0 Å². The van der Waals surface area contributed by atoms with Crippen molar-refractivity contribution in [3.8, 4) is 23.0 Å². The van der Waals surface area contributed by atoms with Crippen LogP contribution in [0.5, 0.6) is 23.0 Å². The Kier molecular flexibility index (Phi) is 4.87. The third-order valence-electron chi connectivity index (χ3n) is 4.29. The Hall–Kier alpha value is -3.68. The lowest BCUT2D eigenvalue weighted by atomic mass is 9.85. The molecule has 0 aliphatic heterocycles. The Bertz CT molecular complexity index is 1090. The average Bonchev–Trinajstić information content (AvgIpc) is 2.59. The first-order valence-corrected chi connectivity index (χ1v) is 8.27. The first-order chi connectivity index (χ1) is 13.2. The van der Waals surface area contributed by atoms with E-state index in [1.807, 2.05) is 0 Å². The topological polar surface area (TPSA) is 130 Å². The van der Waals surface area contributed by atoms with Crippen molar-refractivity contribution in [1.82, 2.24) is 0 Å². The van der Waals surface area contributed by atoms with Gasteiger partial charge >= 0.3 is 11.3 Å². The number of benzene rings is 1. The molecule has 0 unspecified atom stereocenters. The number of methoxy groups -OCH3 is 1. The molecular weight excluding hydrogens is 368 g/mol. The first-order valence-electron chi connectivity index (χ1n) is 8.27. The lowest BCUT2D eigenvalue weighted by molar-refractivity contribution is 0.372. The standard InChI is InChI=1S/C20H18O8/c1-9-6-13(22)17(19(24)27-9)16(11-4-5-12(21)15(8-11)26-3)18-14(23)7-10(2)28-20(18)25/h4-8,16,21-23H,1-3H3. The van der Waals surface area contributed by atoms with E-state index in [1.54, 1.807) is 0 Å². The van der Waals surface area contributed by atoms with Crippen LogP contribution in [0.25, 0.3) is 0 Å². The zero-order valence-electron chi connectivity index (χ0n) is 15.3. The summed E-state index contributed by atoms with van der Waals surface area (Å²) in [6, 6.07) is 6.58. The monoisotopic (exact) mass is 386 g/mol. The molecule has 0 bridgehead atoms. The second-order valence-electron chi connectivity index (χ2n) is 6.25. The van der Waals surface area contributed by atoms with Crippen LogP contribution in [0.3, 0.4) is 0 Å². The van der Waals surface area contributed by atoms with Crippen molar-refractivity contribution in [1.29, 1.82) is 0 Å². The molecular formula is C20H18O8. The van der Waals surface area contributed by atoms with Crippen molar-refractivity contribution in [3.05, 3.63) is 79.4 Å². The summed E-state index contributed by atoms with van der Waals surface area (Å²) >= 11 is 0. The maximum absolute atomic E-state index is 12.5. The summed E-state index contributed by atoms with van der Waals surface area (Å²) in [5.41, 5.74) is -2.00. The number of phenols is 1. The van der Waals surface area contributed by atoms with E-state index < -0.39 is 28.7 Å². The van der Waals surface area contributed by atoms with E-state index in [0.717, 1.165) is 0 Å². The van der Waals surface area contributed by atoms with Crippen LogP contribution in [0.2, 0.25) is 0 Å². The fraction of sp³-hybridized carbons (Fsp3) is 0.200. The highest BCUT2D eigenvalue weighted by atomic mass is 16.5. The van der Waals surface area contributed by atoms with Crippen LogP contribution in [0.15, 0.2) is 48.8 Å². The van der Waals surface area contributed by atoms with Gasteiger partial charge < -0.3 is 28.9 Å². The highest BCUT2D eigenvalue weighted by Crippen LogP contribution is 2.40. The molecule has 3 N–H and O–H groups in total. The largest absolute Gasteiger partial charge is 0.507 e. The van der Waals surface area contributed by atoms with Crippen molar-refractivity contribution in [2.24, 2.45) is 0 Å². The average molecular weight is 386 g/mol. The minimum absolute atomic E-state index is 0.0782. The number of aryl methyl sites for hydroxylation is 2. The van der Waals surface area contributed by atoms with Crippen molar-refractivity contribution in [3.63, 3.8) is 0 Å². The molecule has 1 aromatic carbocycles. The number of ether oxygens (including phenoxy) is 1. The highest BCUT2D eigenvalue weighted by molar-refractivity contribution is 5.54.